The number of para-hydroxylation sites is 1. The monoisotopic (exact) mass is 353 g/mol. The highest BCUT2D eigenvalue weighted by Crippen LogP contribution is 2.28. The molecule has 1 aliphatic rings. The van der Waals surface area contributed by atoms with Crippen molar-refractivity contribution in [1.82, 2.24) is 4.90 Å². The number of esters is 1. The molecule has 0 unspecified atom stereocenters. The van der Waals surface area contributed by atoms with Crippen molar-refractivity contribution in [2.75, 3.05) is 6.73 Å². The molecule has 0 N–H and O–H groups in total. The minimum absolute atomic E-state index is 0.0438. The van der Waals surface area contributed by atoms with Crippen LogP contribution in [0, 0.1) is 12.7 Å². The molecule has 0 spiro atoms. The molecule has 130 valence electrons. The maximum atomic E-state index is 13.8. The molecule has 0 saturated heterocycles. The summed E-state index contributed by atoms with van der Waals surface area (Å²) in [7, 11) is 0. The Labute approximate surface area is 146 Å². The first-order valence-electron chi connectivity index (χ1n) is 7.79. The van der Waals surface area contributed by atoms with E-state index in [0.717, 1.165) is 4.90 Å². The maximum absolute atomic E-state index is 13.8. The molecule has 1 aromatic heterocycles. The van der Waals surface area contributed by atoms with Gasteiger partial charge in [0.2, 0.25) is 5.76 Å². The van der Waals surface area contributed by atoms with Crippen LogP contribution in [-0.4, -0.2) is 29.4 Å². The van der Waals surface area contributed by atoms with Crippen molar-refractivity contribution in [2.45, 2.75) is 6.92 Å². The third-order valence-corrected chi connectivity index (χ3v) is 4.30. The molecule has 0 saturated carbocycles. The van der Waals surface area contributed by atoms with Crippen molar-refractivity contribution in [3.05, 3.63) is 70.7 Å². The first-order valence-corrected chi connectivity index (χ1v) is 7.79. The van der Waals surface area contributed by atoms with E-state index >= 15 is 0 Å². The number of carbonyl (C=O) groups excluding carboxylic acids is 3. The van der Waals surface area contributed by atoms with Crippen LogP contribution in [0.1, 0.15) is 36.8 Å². The Morgan fingerprint density at radius 3 is 2.35 bits per heavy atom. The fourth-order valence-corrected chi connectivity index (χ4v) is 2.95. The number of aryl methyl sites for hydroxylation is 1. The van der Waals surface area contributed by atoms with Crippen molar-refractivity contribution in [2.24, 2.45) is 0 Å². The van der Waals surface area contributed by atoms with Crippen LogP contribution in [0.2, 0.25) is 0 Å². The largest absolute Gasteiger partial charge is 0.446 e. The molecule has 0 aliphatic carbocycles. The Bertz CT molecular complexity index is 1050. The number of ether oxygens (including phenoxy) is 1. The number of furan rings is 1. The quantitative estimate of drug-likeness (QED) is 0.533. The topological polar surface area (TPSA) is 76.8 Å². The third-order valence-electron chi connectivity index (χ3n) is 4.30. The zero-order chi connectivity index (χ0) is 18.4. The molecule has 0 bridgehead atoms. The number of imide groups is 1. The van der Waals surface area contributed by atoms with Crippen LogP contribution in [0.3, 0.4) is 0 Å². The summed E-state index contributed by atoms with van der Waals surface area (Å²) in [5, 5.41) is 0.456. The second kappa shape index (κ2) is 5.80. The Morgan fingerprint density at radius 2 is 1.73 bits per heavy atom. The molecule has 2 amide bonds. The van der Waals surface area contributed by atoms with E-state index in [1.165, 1.54) is 24.3 Å². The van der Waals surface area contributed by atoms with Crippen LogP contribution in [0.25, 0.3) is 11.0 Å². The first-order chi connectivity index (χ1) is 12.5. The van der Waals surface area contributed by atoms with Crippen LogP contribution < -0.4 is 0 Å². The average Bonchev–Trinajstić information content (AvgIpc) is 3.11. The number of rotatable bonds is 3. The van der Waals surface area contributed by atoms with Crippen LogP contribution in [0.5, 0.6) is 0 Å². The zero-order valence-electron chi connectivity index (χ0n) is 13.6. The van der Waals surface area contributed by atoms with Gasteiger partial charge in [0.05, 0.1) is 11.1 Å². The van der Waals surface area contributed by atoms with Crippen LogP contribution in [-0.2, 0) is 4.74 Å². The molecule has 2 aromatic carbocycles. The smallest absolute Gasteiger partial charge is 0.376 e. The normalized spacial score (nSPS) is 13.4. The number of benzene rings is 2. The van der Waals surface area contributed by atoms with E-state index in [-0.39, 0.29) is 22.5 Å². The van der Waals surface area contributed by atoms with Crippen molar-refractivity contribution in [3.8, 4) is 0 Å². The molecule has 0 fully saturated rings. The van der Waals surface area contributed by atoms with E-state index in [9.17, 15) is 18.8 Å². The van der Waals surface area contributed by atoms with E-state index < -0.39 is 30.3 Å². The average molecular weight is 353 g/mol. The van der Waals surface area contributed by atoms with Crippen molar-refractivity contribution in [1.29, 1.82) is 0 Å². The fraction of sp³-hybridized carbons (Fsp3) is 0.105. The van der Waals surface area contributed by atoms with Gasteiger partial charge in [-0.2, -0.15) is 0 Å². The summed E-state index contributed by atoms with van der Waals surface area (Å²) in [4.78, 5) is 37.6. The highest BCUT2D eigenvalue weighted by Gasteiger charge is 2.36. The lowest BCUT2D eigenvalue weighted by Gasteiger charge is -2.13. The lowest BCUT2D eigenvalue weighted by molar-refractivity contribution is 0.0205. The van der Waals surface area contributed by atoms with Crippen molar-refractivity contribution >= 4 is 28.8 Å². The van der Waals surface area contributed by atoms with Crippen molar-refractivity contribution in [3.63, 3.8) is 0 Å². The van der Waals surface area contributed by atoms with E-state index in [2.05, 4.69) is 0 Å². The number of carbonyl (C=O) groups is 3. The predicted molar refractivity (Wildman–Crippen MR) is 88.1 cm³/mol. The maximum Gasteiger partial charge on any atom is 0.376 e. The van der Waals surface area contributed by atoms with Gasteiger partial charge in [-0.15, -0.1) is 0 Å². The Balaban J connectivity index is 1.55. The SMILES string of the molecule is Cc1c(C(=O)OCN2C(=O)c3ccccc3C2=O)oc2c(F)cccc12. The van der Waals surface area contributed by atoms with E-state index in [1.807, 2.05) is 0 Å². The third kappa shape index (κ3) is 2.28. The highest BCUT2D eigenvalue weighted by molar-refractivity contribution is 6.21. The fourth-order valence-electron chi connectivity index (χ4n) is 2.95. The van der Waals surface area contributed by atoms with Gasteiger partial charge in [-0.05, 0) is 25.1 Å². The van der Waals surface area contributed by atoms with Gasteiger partial charge in [-0.1, -0.05) is 24.3 Å². The molecule has 3 aromatic rings. The highest BCUT2D eigenvalue weighted by atomic mass is 19.1. The summed E-state index contributed by atoms with van der Waals surface area (Å²) in [6.45, 7) is 1.05. The Hall–Kier alpha value is -3.48. The summed E-state index contributed by atoms with van der Waals surface area (Å²) < 4.78 is 24.1. The molecule has 7 heteroatoms. The standard InChI is InChI=1S/C19H12FNO5/c1-10-11-7-4-8-14(20)16(11)26-15(10)19(24)25-9-21-17(22)12-5-2-3-6-13(12)18(21)23/h2-8H,9H2,1H3. The number of hydrogen-bond donors (Lipinski definition) is 0. The number of amides is 2. The molecule has 0 atom stereocenters. The minimum Gasteiger partial charge on any atom is -0.446 e. The number of nitrogens with zero attached hydrogens (tertiary/aromatic N) is 1. The van der Waals surface area contributed by atoms with Gasteiger partial charge in [0, 0.05) is 10.9 Å². The lowest BCUT2D eigenvalue weighted by Crippen LogP contribution is -2.33. The number of hydrogen-bond acceptors (Lipinski definition) is 5. The van der Waals surface area contributed by atoms with Gasteiger partial charge >= 0.3 is 5.97 Å². The van der Waals surface area contributed by atoms with Gasteiger partial charge in [0.15, 0.2) is 18.1 Å². The second-order valence-corrected chi connectivity index (χ2v) is 5.82. The summed E-state index contributed by atoms with van der Waals surface area (Å²) in [6, 6.07) is 10.7. The van der Waals surface area contributed by atoms with Crippen LogP contribution in [0.4, 0.5) is 4.39 Å². The van der Waals surface area contributed by atoms with Crippen LogP contribution in [0.15, 0.2) is 46.9 Å². The van der Waals surface area contributed by atoms with E-state index in [4.69, 9.17) is 9.15 Å². The number of halogens is 1. The van der Waals surface area contributed by atoms with Gasteiger partial charge in [-0.3, -0.25) is 9.59 Å². The Kier molecular flexibility index (Phi) is 3.57. The summed E-state index contributed by atoms with van der Waals surface area (Å²) in [5.41, 5.74) is 0.899. The van der Waals surface area contributed by atoms with E-state index in [0.29, 0.717) is 10.9 Å². The van der Waals surface area contributed by atoms with E-state index in [1.54, 1.807) is 25.1 Å². The molecule has 0 radical (unpaired) electrons. The van der Waals surface area contributed by atoms with Gasteiger partial charge in [0.1, 0.15) is 0 Å². The van der Waals surface area contributed by atoms with Crippen molar-refractivity contribution < 1.29 is 27.9 Å². The molecule has 4 rings (SSSR count). The molecule has 2 heterocycles. The molecule has 1 aliphatic heterocycles. The summed E-state index contributed by atoms with van der Waals surface area (Å²) in [5.74, 6) is -2.71. The predicted octanol–water partition coefficient (Wildman–Crippen LogP) is 3.29. The van der Waals surface area contributed by atoms with Gasteiger partial charge in [-0.25, -0.2) is 14.1 Å². The molecule has 26 heavy (non-hydrogen) atoms. The minimum atomic E-state index is -0.880. The molecular formula is C19H12FNO5. The van der Waals surface area contributed by atoms with Gasteiger partial charge < -0.3 is 9.15 Å². The first kappa shape index (κ1) is 16.0. The van der Waals surface area contributed by atoms with Crippen LogP contribution >= 0.6 is 0 Å². The number of fused-ring (bicyclic) bond motifs is 2. The Morgan fingerprint density at radius 1 is 1.08 bits per heavy atom. The summed E-state index contributed by atoms with van der Waals surface area (Å²) in [6.07, 6.45) is 0. The van der Waals surface area contributed by atoms with Gasteiger partial charge in [0.25, 0.3) is 11.8 Å². The second-order valence-electron chi connectivity index (χ2n) is 5.82. The summed E-state index contributed by atoms with van der Waals surface area (Å²) >= 11 is 0. The lowest BCUT2D eigenvalue weighted by atomic mass is 10.1. The molecular weight excluding hydrogens is 341 g/mol. The molecule has 6 nitrogen and oxygen atoms in total. The zero-order valence-corrected chi connectivity index (χ0v) is 13.6.